The van der Waals surface area contributed by atoms with Crippen molar-refractivity contribution in [1.82, 2.24) is 4.90 Å². The summed E-state index contributed by atoms with van der Waals surface area (Å²) in [5.74, 6) is 0.678. The molecule has 1 heterocycles. The molecule has 1 saturated heterocycles. The first-order valence-electron chi connectivity index (χ1n) is 6.34. The summed E-state index contributed by atoms with van der Waals surface area (Å²) in [5, 5.41) is 0. The first-order chi connectivity index (χ1) is 8.78. The van der Waals surface area contributed by atoms with Crippen LogP contribution in [0.2, 0.25) is 0 Å². The second-order valence-electron chi connectivity index (χ2n) is 4.62. The van der Waals surface area contributed by atoms with Gasteiger partial charge in [0.2, 0.25) is 0 Å². The molecule has 3 nitrogen and oxygen atoms in total. The van der Waals surface area contributed by atoms with Gasteiger partial charge in [0.1, 0.15) is 24.5 Å². The van der Waals surface area contributed by atoms with Crippen LogP contribution in [0.25, 0.3) is 0 Å². The fourth-order valence-electron chi connectivity index (χ4n) is 2.14. The van der Waals surface area contributed by atoms with Crippen LogP contribution in [-0.2, 0) is 4.79 Å². The van der Waals surface area contributed by atoms with Gasteiger partial charge in [-0.2, -0.15) is 0 Å². The van der Waals surface area contributed by atoms with E-state index >= 15 is 0 Å². The van der Waals surface area contributed by atoms with E-state index in [1.165, 1.54) is 12.1 Å². The van der Waals surface area contributed by atoms with Gasteiger partial charge in [-0.3, -0.25) is 4.90 Å². The van der Waals surface area contributed by atoms with Crippen molar-refractivity contribution in [3.63, 3.8) is 0 Å². The van der Waals surface area contributed by atoms with Gasteiger partial charge in [-0.1, -0.05) is 0 Å². The minimum Gasteiger partial charge on any atom is -0.492 e. The van der Waals surface area contributed by atoms with Crippen LogP contribution in [0.3, 0.4) is 0 Å². The molecule has 0 aliphatic carbocycles. The van der Waals surface area contributed by atoms with Gasteiger partial charge in [0.25, 0.3) is 0 Å². The molecule has 1 aliphatic heterocycles. The van der Waals surface area contributed by atoms with Crippen molar-refractivity contribution in [2.24, 2.45) is 5.92 Å². The zero-order chi connectivity index (χ0) is 12.8. The van der Waals surface area contributed by atoms with E-state index in [9.17, 15) is 9.18 Å². The third kappa shape index (κ3) is 3.81. The molecule has 2 rings (SSSR count). The molecular formula is C14H18FNO2. The molecule has 4 heteroatoms. The quantitative estimate of drug-likeness (QED) is 0.751. The highest BCUT2D eigenvalue weighted by Gasteiger charge is 2.17. The van der Waals surface area contributed by atoms with E-state index in [0.717, 1.165) is 38.8 Å². The summed E-state index contributed by atoms with van der Waals surface area (Å²) in [6, 6.07) is 6.05. The lowest BCUT2D eigenvalue weighted by Crippen LogP contribution is -2.36. The Hall–Kier alpha value is -1.42. The molecule has 0 spiro atoms. The van der Waals surface area contributed by atoms with Gasteiger partial charge in [-0.25, -0.2) is 4.39 Å². The Morgan fingerprint density at radius 3 is 2.56 bits per heavy atom. The molecule has 0 atom stereocenters. The average molecular weight is 251 g/mol. The number of rotatable bonds is 5. The largest absolute Gasteiger partial charge is 0.492 e. The van der Waals surface area contributed by atoms with Crippen molar-refractivity contribution in [3.05, 3.63) is 30.1 Å². The van der Waals surface area contributed by atoms with Crippen molar-refractivity contribution in [2.45, 2.75) is 12.8 Å². The lowest BCUT2D eigenvalue weighted by Gasteiger charge is -2.29. The van der Waals surface area contributed by atoms with E-state index in [0.29, 0.717) is 12.4 Å². The standard InChI is InChI=1S/C14H18FNO2/c15-13-1-3-14(4-2-13)18-10-9-16-7-5-12(11-17)6-8-16/h1-4,11-12H,5-10H2. The van der Waals surface area contributed by atoms with Gasteiger partial charge in [0.15, 0.2) is 0 Å². The van der Waals surface area contributed by atoms with Gasteiger partial charge in [0, 0.05) is 12.5 Å². The van der Waals surface area contributed by atoms with Crippen LogP contribution in [0.4, 0.5) is 4.39 Å². The molecule has 0 aromatic heterocycles. The third-order valence-corrected chi connectivity index (χ3v) is 3.31. The summed E-state index contributed by atoms with van der Waals surface area (Å²) in [6.45, 7) is 3.35. The monoisotopic (exact) mass is 251 g/mol. The zero-order valence-electron chi connectivity index (χ0n) is 10.3. The average Bonchev–Trinajstić information content (AvgIpc) is 2.42. The van der Waals surface area contributed by atoms with Crippen LogP contribution in [0.1, 0.15) is 12.8 Å². The number of benzene rings is 1. The van der Waals surface area contributed by atoms with Crippen LogP contribution in [0.5, 0.6) is 5.75 Å². The predicted molar refractivity (Wildman–Crippen MR) is 67.1 cm³/mol. The number of aldehydes is 1. The highest BCUT2D eigenvalue weighted by atomic mass is 19.1. The summed E-state index contributed by atoms with van der Waals surface area (Å²) in [7, 11) is 0. The number of hydrogen-bond acceptors (Lipinski definition) is 3. The molecule has 0 amide bonds. The molecule has 0 unspecified atom stereocenters. The molecule has 1 fully saturated rings. The summed E-state index contributed by atoms with van der Waals surface area (Å²) < 4.78 is 18.2. The minimum absolute atomic E-state index is 0.235. The lowest BCUT2D eigenvalue weighted by molar-refractivity contribution is -0.112. The molecule has 0 radical (unpaired) electrons. The van der Waals surface area contributed by atoms with Gasteiger partial charge in [0.05, 0.1) is 0 Å². The zero-order valence-corrected chi connectivity index (χ0v) is 10.3. The van der Waals surface area contributed by atoms with E-state index in [1.54, 1.807) is 12.1 Å². The van der Waals surface area contributed by atoms with Crippen molar-refractivity contribution >= 4 is 6.29 Å². The maximum atomic E-state index is 12.7. The molecule has 98 valence electrons. The lowest BCUT2D eigenvalue weighted by atomic mass is 9.99. The second kappa shape index (κ2) is 6.50. The van der Waals surface area contributed by atoms with Crippen LogP contribution in [-0.4, -0.2) is 37.4 Å². The SMILES string of the molecule is O=CC1CCN(CCOc2ccc(F)cc2)CC1. The fourth-order valence-corrected chi connectivity index (χ4v) is 2.14. The number of halogens is 1. The van der Waals surface area contributed by atoms with Gasteiger partial charge >= 0.3 is 0 Å². The van der Waals surface area contributed by atoms with Crippen LogP contribution in [0.15, 0.2) is 24.3 Å². The van der Waals surface area contributed by atoms with Crippen LogP contribution < -0.4 is 4.74 Å². The fraction of sp³-hybridized carbons (Fsp3) is 0.500. The summed E-state index contributed by atoms with van der Waals surface area (Å²) >= 11 is 0. The van der Waals surface area contributed by atoms with E-state index in [2.05, 4.69) is 4.90 Å². The van der Waals surface area contributed by atoms with Crippen molar-refractivity contribution in [2.75, 3.05) is 26.2 Å². The topological polar surface area (TPSA) is 29.5 Å². The normalized spacial score (nSPS) is 17.6. The van der Waals surface area contributed by atoms with Gasteiger partial charge < -0.3 is 9.53 Å². The molecule has 1 aromatic carbocycles. The summed E-state index contributed by atoms with van der Waals surface area (Å²) in [5.41, 5.74) is 0. The molecule has 1 aliphatic rings. The van der Waals surface area contributed by atoms with E-state index < -0.39 is 0 Å². The van der Waals surface area contributed by atoms with Crippen molar-refractivity contribution in [1.29, 1.82) is 0 Å². The maximum Gasteiger partial charge on any atom is 0.123 e. The maximum absolute atomic E-state index is 12.7. The van der Waals surface area contributed by atoms with Gasteiger partial charge in [-0.15, -0.1) is 0 Å². The molecule has 1 aromatic rings. The number of ether oxygens (including phenoxy) is 1. The Morgan fingerprint density at radius 1 is 1.28 bits per heavy atom. The van der Waals surface area contributed by atoms with Gasteiger partial charge in [-0.05, 0) is 50.2 Å². The predicted octanol–water partition coefficient (Wildman–Crippen LogP) is 2.12. The Kier molecular flexibility index (Phi) is 4.70. The summed E-state index contributed by atoms with van der Waals surface area (Å²) in [6.07, 6.45) is 2.95. The second-order valence-corrected chi connectivity index (χ2v) is 4.62. The molecule has 18 heavy (non-hydrogen) atoms. The smallest absolute Gasteiger partial charge is 0.123 e. The van der Waals surface area contributed by atoms with E-state index in [1.807, 2.05) is 0 Å². The van der Waals surface area contributed by atoms with E-state index in [4.69, 9.17) is 4.74 Å². The molecular weight excluding hydrogens is 233 g/mol. The number of piperidine rings is 1. The number of nitrogens with zero attached hydrogens (tertiary/aromatic N) is 1. The van der Waals surface area contributed by atoms with Crippen LogP contribution >= 0.6 is 0 Å². The minimum atomic E-state index is -0.252. The molecule has 0 N–H and O–H groups in total. The van der Waals surface area contributed by atoms with Crippen LogP contribution in [0, 0.1) is 11.7 Å². The number of hydrogen-bond donors (Lipinski definition) is 0. The summed E-state index contributed by atoms with van der Waals surface area (Å²) in [4.78, 5) is 12.9. The Labute approximate surface area is 107 Å². The Balaban J connectivity index is 1.67. The molecule has 0 bridgehead atoms. The third-order valence-electron chi connectivity index (χ3n) is 3.31. The Bertz CT molecular complexity index is 372. The van der Waals surface area contributed by atoms with Crippen molar-refractivity contribution < 1.29 is 13.9 Å². The highest BCUT2D eigenvalue weighted by molar-refractivity contribution is 5.53. The number of likely N-dealkylation sites (tertiary alicyclic amines) is 1. The first kappa shape index (κ1) is 13.0. The Morgan fingerprint density at radius 2 is 1.94 bits per heavy atom. The number of carbonyl (C=O) groups excluding carboxylic acids is 1. The highest BCUT2D eigenvalue weighted by Crippen LogP contribution is 2.15. The number of carbonyl (C=O) groups is 1. The molecule has 0 saturated carbocycles. The first-order valence-corrected chi connectivity index (χ1v) is 6.34. The van der Waals surface area contributed by atoms with E-state index in [-0.39, 0.29) is 11.7 Å². The van der Waals surface area contributed by atoms with Crippen molar-refractivity contribution in [3.8, 4) is 5.75 Å².